The number of methoxy groups -OCH3 is 1. The summed E-state index contributed by atoms with van der Waals surface area (Å²) in [4.78, 5) is 11.6. The minimum absolute atomic E-state index is 0.0565. The first-order chi connectivity index (χ1) is 9.82. The number of carbonyl (C=O) groups excluding carboxylic acids is 1. The van der Waals surface area contributed by atoms with E-state index in [9.17, 15) is 23.1 Å². The van der Waals surface area contributed by atoms with Crippen molar-refractivity contribution >= 4 is 6.03 Å². The summed E-state index contributed by atoms with van der Waals surface area (Å²) in [5, 5.41) is 14.6. The highest BCUT2D eigenvalue weighted by molar-refractivity contribution is 5.74. The second kappa shape index (κ2) is 8.43. The Labute approximate surface area is 122 Å². The first kappa shape index (κ1) is 18.0. The lowest BCUT2D eigenvalue weighted by Crippen LogP contribution is -2.45. The molecule has 1 saturated carbocycles. The molecule has 1 fully saturated rings. The molecule has 0 aromatic carbocycles. The van der Waals surface area contributed by atoms with E-state index in [1.54, 1.807) is 0 Å². The third-order valence-corrected chi connectivity index (χ3v) is 3.65. The highest BCUT2D eigenvalue weighted by Crippen LogP contribution is 2.37. The molecule has 1 aliphatic rings. The summed E-state index contributed by atoms with van der Waals surface area (Å²) >= 11 is 0. The molecule has 0 aromatic heterocycles. The Morgan fingerprint density at radius 2 is 1.95 bits per heavy atom. The summed E-state index contributed by atoms with van der Waals surface area (Å²) < 4.78 is 42.3. The van der Waals surface area contributed by atoms with Crippen LogP contribution in [-0.2, 0) is 4.74 Å². The number of rotatable bonds is 6. The molecule has 0 bridgehead atoms. The summed E-state index contributed by atoms with van der Waals surface area (Å²) in [7, 11) is 1.47. The molecule has 8 heteroatoms. The maximum absolute atomic E-state index is 12.5. The van der Waals surface area contributed by atoms with Gasteiger partial charge in [-0.2, -0.15) is 13.2 Å². The van der Waals surface area contributed by atoms with Gasteiger partial charge < -0.3 is 20.5 Å². The van der Waals surface area contributed by atoms with Crippen LogP contribution in [-0.4, -0.2) is 49.7 Å². The molecule has 1 unspecified atom stereocenters. The molecule has 5 nitrogen and oxygen atoms in total. The van der Waals surface area contributed by atoms with E-state index in [0.717, 1.165) is 0 Å². The van der Waals surface area contributed by atoms with Crippen molar-refractivity contribution in [2.24, 2.45) is 5.92 Å². The zero-order chi connectivity index (χ0) is 15.9. The van der Waals surface area contributed by atoms with E-state index >= 15 is 0 Å². The van der Waals surface area contributed by atoms with Gasteiger partial charge in [0.05, 0.1) is 18.6 Å². The predicted molar refractivity (Wildman–Crippen MR) is 70.8 cm³/mol. The van der Waals surface area contributed by atoms with Crippen molar-refractivity contribution in [1.29, 1.82) is 0 Å². The van der Waals surface area contributed by atoms with Gasteiger partial charge in [0.15, 0.2) is 0 Å². The van der Waals surface area contributed by atoms with Crippen LogP contribution >= 0.6 is 0 Å². The summed E-state index contributed by atoms with van der Waals surface area (Å²) in [5.74, 6) is -1.25. The van der Waals surface area contributed by atoms with Gasteiger partial charge in [-0.1, -0.05) is 0 Å². The molecule has 0 spiro atoms. The monoisotopic (exact) mass is 312 g/mol. The summed E-state index contributed by atoms with van der Waals surface area (Å²) in [5.41, 5.74) is 0. The van der Waals surface area contributed by atoms with Crippen LogP contribution in [0.15, 0.2) is 0 Å². The van der Waals surface area contributed by atoms with Gasteiger partial charge in [0.25, 0.3) is 0 Å². The number of nitrogens with one attached hydrogen (secondary N) is 2. The standard InChI is InChI=1S/C13H23F3N2O3/c1-21-8-11(19)6-7-17-12(20)18-10-4-2-9(3-5-10)13(14,15)16/h9-11,19H,2-8H2,1H3,(H2,17,18,20). The molecule has 0 aromatic rings. The fourth-order valence-electron chi connectivity index (χ4n) is 2.43. The van der Waals surface area contributed by atoms with Crippen molar-refractivity contribution in [3.05, 3.63) is 0 Å². The van der Waals surface area contributed by atoms with E-state index < -0.39 is 24.2 Å². The number of aliphatic hydroxyl groups is 1. The van der Waals surface area contributed by atoms with E-state index in [1.165, 1.54) is 7.11 Å². The van der Waals surface area contributed by atoms with E-state index in [0.29, 0.717) is 19.3 Å². The molecule has 21 heavy (non-hydrogen) atoms. The van der Waals surface area contributed by atoms with Crippen molar-refractivity contribution in [3.63, 3.8) is 0 Å². The molecule has 0 aliphatic heterocycles. The van der Waals surface area contributed by atoms with Crippen LogP contribution in [0.5, 0.6) is 0 Å². The molecule has 0 radical (unpaired) electrons. The van der Waals surface area contributed by atoms with Crippen LogP contribution in [0.4, 0.5) is 18.0 Å². The van der Waals surface area contributed by atoms with Gasteiger partial charge in [0, 0.05) is 19.7 Å². The number of carbonyl (C=O) groups is 1. The molecule has 1 atom stereocenters. The van der Waals surface area contributed by atoms with Gasteiger partial charge in [0.1, 0.15) is 0 Å². The highest BCUT2D eigenvalue weighted by Gasteiger charge is 2.41. The normalized spacial score (nSPS) is 24.4. The van der Waals surface area contributed by atoms with Gasteiger partial charge >= 0.3 is 12.2 Å². The molecule has 0 heterocycles. The number of hydrogen-bond donors (Lipinski definition) is 3. The lowest BCUT2D eigenvalue weighted by Gasteiger charge is -2.30. The Morgan fingerprint density at radius 1 is 1.33 bits per heavy atom. The number of hydrogen-bond acceptors (Lipinski definition) is 3. The van der Waals surface area contributed by atoms with E-state index in [4.69, 9.17) is 4.74 Å². The summed E-state index contributed by atoms with van der Waals surface area (Å²) in [6.45, 7) is 0.485. The van der Waals surface area contributed by atoms with Crippen LogP contribution < -0.4 is 10.6 Å². The predicted octanol–water partition coefficient (Wildman–Crippen LogP) is 1.80. The number of halogens is 3. The molecule has 3 N–H and O–H groups in total. The molecule has 1 aliphatic carbocycles. The smallest absolute Gasteiger partial charge is 0.391 e. The van der Waals surface area contributed by atoms with E-state index in [1.807, 2.05) is 0 Å². The third-order valence-electron chi connectivity index (χ3n) is 3.65. The van der Waals surface area contributed by atoms with E-state index in [2.05, 4.69) is 10.6 Å². The third kappa shape index (κ3) is 6.99. The zero-order valence-electron chi connectivity index (χ0n) is 12.1. The number of urea groups is 1. The Morgan fingerprint density at radius 3 is 2.48 bits per heavy atom. The quantitative estimate of drug-likeness (QED) is 0.700. The maximum atomic E-state index is 12.5. The summed E-state index contributed by atoms with van der Waals surface area (Å²) in [6.07, 6.45) is -3.62. The van der Waals surface area contributed by atoms with Crippen molar-refractivity contribution in [2.75, 3.05) is 20.3 Å². The maximum Gasteiger partial charge on any atom is 0.391 e. The van der Waals surface area contributed by atoms with Crippen molar-refractivity contribution < 1.29 is 27.8 Å². The van der Waals surface area contributed by atoms with Crippen LogP contribution in [0, 0.1) is 5.92 Å². The SMILES string of the molecule is COCC(O)CCNC(=O)NC1CCC(C(F)(F)F)CC1. The Hall–Kier alpha value is -1.02. The second-order valence-corrected chi connectivity index (χ2v) is 5.39. The Balaban J connectivity index is 2.16. The van der Waals surface area contributed by atoms with Crippen molar-refractivity contribution in [1.82, 2.24) is 10.6 Å². The molecule has 1 rings (SSSR count). The minimum atomic E-state index is -4.13. The Bertz CT molecular complexity index is 318. The topological polar surface area (TPSA) is 70.6 Å². The lowest BCUT2D eigenvalue weighted by atomic mass is 9.86. The average molecular weight is 312 g/mol. The molecule has 124 valence electrons. The van der Waals surface area contributed by atoms with Crippen LogP contribution in [0.2, 0.25) is 0 Å². The average Bonchev–Trinajstić information content (AvgIpc) is 2.38. The number of alkyl halides is 3. The van der Waals surface area contributed by atoms with Crippen LogP contribution in [0.3, 0.4) is 0 Å². The lowest BCUT2D eigenvalue weighted by molar-refractivity contribution is -0.182. The first-order valence-electron chi connectivity index (χ1n) is 7.11. The van der Waals surface area contributed by atoms with Crippen molar-refractivity contribution in [2.45, 2.75) is 50.4 Å². The number of ether oxygens (including phenoxy) is 1. The number of aliphatic hydroxyl groups excluding tert-OH is 1. The minimum Gasteiger partial charge on any atom is -0.391 e. The van der Waals surface area contributed by atoms with Crippen molar-refractivity contribution in [3.8, 4) is 0 Å². The Kier molecular flexibility index (Phi) is 7.24. The largest absolute Gasteiger partial charge is 0.391 e. The van der Waals surface area contributed by atoms with Gasteiger partial charge in [-0.25, -0.2) is 4.79 Å². The van der Waals surface area contributed by atoms with Gasteiger partial charge in [0.2, 0.25) is 0 Å². The fourth-order valence-corrected chi connectivity index (χ4v) is 2.43. The fraction of sp³-hybridized carbons (Fsp3) is 0.923. The molecule has 2 amide bonds. The first-order valence-corrected chi connectivity index (χ1v) is 7.11. The zero-order valence-corrected chi connectivity index (χ0v) is 12.1. The highest BCUT2D eigenvalue weighted by atomic mass is 19.4. The van der Waals surface area contributed by atoms with Crippen LogP contribution in [0.1, 0.15) is 32.1 Å². The van der Waals surface area contributed by atoms with Gasteiger partial charge in [-0.05, 0) is 32.1 Å². The summed E-state index contributed by atoms with van der Waals surface area (Å²) in [6, 6.07) is -0.623. The van der Waals surface area contributed by atoms with E-state index in [-0.39, 0.29) is 32.0 Å². The van der Waals surface area contributed by atoms with Crippen LogP contribution in [0.25, 0.3) is 0 Å². The molecular weight excluding hydrogens is 289 g/mol. The van der Waals surface area contributed by atoms with Gasteiger partial charge in [-0.3, -0.25) is 0 Å². The molecule has 0 saturated heterocycles. The number of amides is 2. The second-order valence-electron chi connectivity index (χ2n) is 5.39. The van der Waals surface area contributed by atoms with Gasteiger partial charge in [-0.15, -0.1) is 0 Å². The molecular formula is C13H23F3N2O3.